The van der Waals surface area contributed by atoms with Crippen LogP contribution in [0.15, 0.2) is 59.5 Å². The largest absolute Gasteiger partial charge is 0.326 e. The summed E-state index contributed by atoms with van der Waals surface area (Å²) in [6.07, 6.45) is 3.62. The van der Waals surface area contributed by atoms with Crippen LogP contribution in [0, 0.1) is 5.92 Å². The molecule has 1 saturated heterocycles. The molecule has 1 aliphatic rings. The Morgan fingerprint density at radius 3 is 2.58 bits per heavy atom. The molecule has 0 aromatic heterocycles. The Bertz CT molecular complexity index is 767. The summed E-state index contributed by atoms with van der Waals surface area (Å²) < 4.78 is 0. The maximum Gasteiger partial charge on any atom is 0.321 e. The third-order valence-electron chi connectivity index (χ3n) is 4.44. The number of para-hydroxylation sites is 1. The molecule has 6 heteroatoms. The van der Waals surface area contributed by atoms with Crippen molar-refractivity contribution in [3.05, 3.63) is 54.6 Å². The molecule has 5 nitrogen and oxygen atoms in total. The Labute approximate surface area is 158 Å². The molecule has 1 aliphatic heterocycles. The van der Waals surface area contributed by atoms with Gasteiger partial charge in [-0.25, -0.2) is 4.79 Å². The first-order valence-corrected chi connectivity index (χ1v) is 9.94. The summed E-state index contributed by atoms with van der Waals surface area (Å²) in [6.45, 7) is 1.11. The zero-order chi connectivity index (χ0) is 18.4. The summed E-state index contributed by atoms with van der Waals surface area (Å²) in [6, 6.07) is 17.0. The number of hydrogen-bond acceptors (Lipinski definition) is 3. The third-order valence-corrected chi connectivity index (χ3v) is 5.17. The molecule has 2 N–H and O–H groups in total. The van der Waals surface area contributed by atoms with E-state index in [-0.39, 0.29) is 17.9 Å². The van der Waals surface area contributed by atoms with Gasteiger partial charge in [-0.05, 0) is 49.4 Å². The van der Waals surface area contributed by atoms with Gasteiger partial charge in [0.1, 0.15) is 0 Å². The minimum absolute atomic E-state index is 0.0273. The van der Waals surface area contributed by atoms with Gasteiger partial charge in [0.25, 0.3) is 0 Å². The van der Waals surface area contributed by atoms with Crippen LogP contribution in [0.25, 0.3) is 0 Å². The Morgan fingerprint density at radius 2 is 1.81 bits per heavy atom. The number of carbonyl (C=O) groups excluding carboxylic acids is 2. The Hall–Kier alpha value is -2.47. The van der Waals surface area contributed by atoms with Crippen LogP contribution in [0.1, 0.15) is 12.8 Å². The zero-order valence-electron chi connectivity index (χ0n) is 14.8. The molecule has 136 valence electrons. The fraction of sp³-hybridized carbons (Fsp3) is 0.300. The van der Waals surface area contributed by atoms with Crippen LogP contribution in [-0.2, 0) is 4.79 Å². The standard InChI is InChI=1S/C20H23N3O2S/c1-26-18-11-5-10-17(13-18)21-19(24)15-7-6-12-23(14-15)20(25)22-16-8-3-2-4-9-16/h2-5,8-11,13,15H,6-7,12,14H2,1H3,(H,21,24)(H,22,25)/t15-/m0/s1. The maximum absolute atomic E-state index is 12.6. The van der Waals surface area contributed by atoms with Gasteiger partial charge in [-0.1, -0.05) is 24.3 Å². The third kappa shape index (κ3) is 4.79. The number of amides is 3. The van der Waals surface area contributed by atoms with Crippen LogP contribution in [0.4, 0.5) is 16.2 Å². The molecule has 1 atom stereocenters. The van der Waals surface area contributed by atoms with Crippen molar-refractivity contribution in [3.63, 3.8) is 0 Å². The Morgan fingerprint density at radius 1 is 1.04 bits per heavy atom. The van der Waals surface area contributed by atoms with Gasteiger partial charge in [-0.2, -0.15) is 0 Å². The van der Waals surface area contributed by atoms with Crippen LogP contribution in [0.5, 0.6) is 0 Å². The number of carbonyl (C=O) groups is 2. The second-order valence-electron chi connectivity index (χ2n) is 6.30. The first kappa shape index (κ1) is 18.3. The molecule has 0 aliphatic carbocycles. The van der Waals surface area contributed by atoms with Crippen molar-refractivity contribution in [1.29, 1.82) is 0 Å². The van der Waals surface area contributed by atoms with Gasteiger partial charge in [0, 0.05) is 29.4 Å². The van der Waals surface area contributed by atoms with Gasteiger partial charge in [0.05, 0.1) is 5.92 Å². The molecular formula is C20H23N3O2S. The summed E-state index contributed by atoms with van der Waals surface area (Å²) >= 11 is 1.64. The highest BCUT2D eigenvalue weighted by molar-refractivity contribution is 7.98. The first-order chi connectivity index (χ1) is 12.7. The molecule has 26 heavy (non-hydrogen) atoms. The van der Waals surface area contributed by atoms with Crippen molar-refractivity contribution in [1.82, 2.24) is 4.90 Å². The fourth-order valence-corrected chi connectivity index (χ4v) is 3.50. The molecule has 0 bridgehead atoms. The summed E-state index contributed by atoms with van der Waals surface area (Å²) in [5.41, 5.74) is 1.56. The van der Waals surface area contributed by atoms with Gasteiger partial charge in [-0.15, -0.1) is 11.8 Å². The number of benzene rings is 2. The number of nitrogens with zero attached hydrogens (tertiary/aromatic N) is 1. The van der Waals surface area contributed by atoms with Crippen molar-refractivity contribution in [3.8, 4) is 0 Å². The number of anilines is 2. The first-order valence-electron chi connectivity index (χ1n) is 8.71. The van der Waals surface area contributed by atoms with Crippen LogP contribution in [0.3, 0.4) is 0 Å². The van der Waals surface area contributed by atoms with Crippen LogP contribution in [-0.4, -0.2) is 36.2 Å². The summed E-state index contributed by atoms with van der Waals surface area (Å²) in [7, 11) is 0. The smallest absolute Gasteiger partial charge is 0.321 e. The van der Waals surface area contributed by atoms with Crippen LogP contribution in [0.2, 0.25) is 0 Å². The van der Waals surface area contributed by atoms with E-state index in [0.29, 0.717) is 13.1 Å². The number of nitrogens with one attached hydrogen (secondary N) is 2. The van der Waals surface area contributed by atoms with Gasteiger partial charge < -0.3 is 15.5 Å². The summed E-state index contributed by atoms with van der Waals surface area (Å²) in [5, 5.41) is 5.87. The molecule has 1 heterocycles. The molecule has 3 amide bonds. The molecule has 1 fully saturated rings. The number of urea groups is 1. The van der Waals surface area contributed by atoms with Crippen LogP contribution >= 0.6 is 11.8 Å². The second kappa shape index (κ2) is 8.76. The summed E-state index contributed by atoms with van der Waals surface area (Å²) in [4.78, 5) is 27.9. The normalized spacial score (nSPS) is 16.8. The molecule has 2 aromatic carbocycles. The minimum atomic E-state index is -0.191. The van der Waals surface area contributed by atoms with E-state index in [1.54, 1.807) is 16.7 Å². The van der Waals surface area contributed by atoms with Crippen molar-refractivity contribution < 1.29 is 9.59 Å². The predicted molar refractivity (Wildman–Crippen MR) is 107 cm³/mol. The van der Waals surface area contributed by atoms with Gasteiger partial charge in [0.2, 0.25) is 5.91 Å². The van der Waals surface area contributed by atoms with E-state index in [1.165, 1.54) is 0 Å². The van der Waals surface area contributed by atoms with Crippen molar-refractivity contribution in [2.24, 2.45) is 5.92 Å². The average molecular weight is 369 g/mol. The zero-order valence-corrected chi connectivity index (χ0v) is 15.6. The number of hydrogen-bond donors (Lipinski definition) is 2. The molecule has 0 unspecified atom stereocenters. The molecular weight excluding hydrogens is 346 g/mol. The van der Waals surface area contributed by atoms with Gasteiger partial charge >= 0.3 is 6.03 Å². The number of likely N-dealkylation sites (tertiary alicyclic amines) is 1. The van der Waals surface area contributed by atoms with E-state index in [4.69, 9.17) is 0 Å². The molecule has 0 spiro atoms. The quantitative estimate of drug-likeness (QED) is 0.790. The lowest BCUT2D eigenvalue weighted by Crippen LogP contribution is -2.45. The van der Waals surface area contributed by atoms with Crippen molar-refractivity contribution in [2.75, 3.05) is 30.0 Å². The lowest BCUT2D eigenvalue weighted by atomic mass is 9.97. The number of rotatable bonds is 4. The molecule has 0 radical (unpaired) electrons. The van der Waals surface area contributed by atoms with Crippen LogP contribution < -0.4 is 10.6 Å². The van der Waals surface area contributed by atoms with E-state index in [1.807, 2.05) is 60.9 Å². The number of thioether (sulfide) groups is 1. The molecule has 2 aromatic rings. The Kier molecular flexibility index (Phi) is 6.17. The van der Waals surface area contributed by atoms with E-state index in [9.17, 15) is 9.59 Å². The topological polar surface area (TPSA) is 61.4 Å². The average Bonchev–Trinajstić information content (AvgIpc) is 2.69. The molecule has 3 rings (SSSR count). The lowest BCUT2D eigenvalue weighted by molar-refractivity contribution is -0.121. The second-order valence-corrected chi connectivity index (χ2v) is 7.18. The van der Waals surface area contributed by atoms with Crippen molar-refractivity contribution >= 4 is 35.1 Å². The van der Waals surface area contributed by atoms with E-state index in [0.717, 1.165) is 29.1 Å². The van der Waals surface area contributed by atoms with Gasteiger partial charge in [0.15, 0.2) is 0 Å². The highest BCUT2D eigenvalue weighted by atomic mass is 32.2. The summed E-state index contributed by atoms with van der Waals surface area (Å²) in [5.74, 6) is -0.219. The minimum Gasteiger partial charge on any atom is -0.326 e. The predicted octanol–water partition coefficient (Wildman–Crippen LogP) is 4.29. The van der Waals surface area contributed by atoms with E-state index in [2.05, 4.69) is 10.6 Å². The highest BCUT2D eigenvalue weighted by Gasteiger charge is 2.28. The fourth-order valence-electron chi connectivity index (χ4n) is 3.04. The number of piperidine rings is 1. The highest BCUT2D eigenvalue weighted by Crippen LogP contribution is 2.22. The Balaban J connectivity index is 1.58. The monoisotopic (exact) mass is 369 g/mol. The lowest BCUT2D eigenvalue weighted by Gasteiger charge is -2.32. The van der Waals surface area contributed by atoms with E-state index < -0.39 is 0 Å². The maximum atomic E-state index is 12.6. The van der Waals surface area contributed by atoms with Gasteiger partial charge in [-0.3, -0.25) is 4.79 Å². The SMILES string of the molecule is CSc1cccc(NC(=O)[C@H]2CCCN(C(=O)Nc3ccccc3)C2)c1. The van der Waals surface area contributed by atoms with E-state index >= 15 is 0 Å². The molecule has 0 saturated carbocycles. The van der Waals surface area contributed by atoms with Crippen molar-refractivity contribution in [2.45, 2.75) is 17.7 Å².